The fourth-order valence-electron chi connectivity index (χ4n) is 1.98. The second-order valence-electron chi connectivity index (χ2n) is 4.33. The number of benzene rings is 1. The van der Waals surface area contributed by atoms with Gasteiger partial charge in [0.25, 0.3) is 0 Å². The highest BCUT2D eigenvalue weighted by Crippen LogP contribution is 2.29. The van der Waals surface area contributed by atoms with Gasteiger partial charge in [-0.2, -0.15) is 0 Å². The van der Waals surface area contributed by atoms with E-state index in [-0.39, 0.29) is 0 Å². The molecule has 0 spiro atoms. The van der Waals surface area contributed by atoms with Crippen LogP contribution in [-0.2, 0) is 6.54 Å². The summed E-state index contributed by atoms with van der Waals surface area (Å²) in [5.41, 5.74) is 1.94. The van der Waals surface area contributed by atoms with Gasteiger partial charge in [0.05, 0.1) is 26.5 Å². The standard InChI is InChI=1S/C16H20N2O3/c1-4-21-14-8-7-12(10-15(14)19-2)11-18-13-6-5-9-17-16(13)20-3/h5-10,18H,4,11H2,1-3H3. The van der Waals surface area contributed by atoms with Crippen molar-refractivity contribution in [2.45, 2.75) is 13.5 Å². The predicted molar refractivity (Wildman–Crippen MR) is 82.3 cm³/mol. The molecular formula is C16H20N2O3. The van der Waals surface area contributed by atoms with Gasteiger partial charge in [-0.1, -0.05) is 6.07 Å². The molecule has 5 nitrogen and oxygen atoms in total. The second-order valence-corrected chi connectivity index (χ2v) is 4.33. The van der Waals surface area contributed by atoms with Crippen LogP contribution in [0, 0.1) is 0 Å². The lowest BCUT2D eigenvalue weighted by molar-refractivity contribution is 0.310. The van der Waals surface area contributed by atoms with Crippen LogP contribution in [0.25, 0.3) is 0 Å². The summed E-state index contributed by atoms with van der Waals surface area (Å²) in [6.07, 6.45) is 1.70. The third-order valence-electron chi connectivity index (χ3n) is 2.98. The summed E-state index contributed by atoms with van der Waals surface area (Å²) in [7, 11) is 3.24. The minimum Gasteiger partial charge on any atom is -0.493 e. The molecule has 0 saturated heterocycles. The van der Waals surface area contributed by atoms with Crippen LogP contribution in [0.5, 0.6) is 17.4 Å². The molecule has 2 rings (SSSR count). The molecule has 1 heterocycles. The molecule has 0 atom stereocenters. The van der Waals surface area contributed by atoms with E-state index in [0.29, 0.717) is 19.0 Å². The minimum atomic E-state index is 0.579. The smallest absolute Gasteiger partial charge is 0.237 e. The third kappa shape index (κ3) is 3.78. The van der Waals surface area contributed by atoms with E-state index in [1.54, 1.807) is 20.4 Å². The van der Waals surface area contributed by atoms with Crippen molar-refractivity contribution in [2.75, 3.05) is 26.1 Å². The largest absolute Gasteiger partial charge is 0.493 e. The molecule has 1 aromatic heterocycles. The predicted octanol–water partition coefficient (Wildman–Crippen LogP) is 3.11. The average molecular weight is 288 g/mol. The van der Waals surface area contributed by atoms with Crippen LogP contribution in [0.2, 0.25) is 0 Å². The Bertz CT molecular complexity index is 587. The highest BCUT2D eigenvalue weighted by atomic mass is 16.5. The van der Waals surface area contributed by atoms with E-state index in [2.05, 4.69) is 10.3 Å². The number of aromatic nitrogens is 1. The van der Waals surface area contributed by atoms with Crippen LogP contribution in [-0.4, -0.2) is 25.8 Å². The maximum Gasteiger partial charge on any atom is 0.237 e. The fourth-order valence-corrected chi connectivity index (χ4v) is 1.98. The number of pyridine rings is 1. The van der Waals surface area contributed by atoms with E-state index in [0.717, 1.165) is 22.7 Å². The lowest BCUT2D eigenvalue weighted by atomic mass is 10.2. The molecule has 5 heteroatoms. The summed E-state index contributed by atoms with van der Waals surface area (Å²) in [6, 6.07) is 9.67. The number of hydrogen-bond acceptors (Lipinski definition) is 5. The first-order valence-electron chi connectivity index (χ1n) is 6.81. The molecule has 0 aliphatic heterocycles. The first kappa shape index (κ1) is 15.0. The van der Waals surface area contributed by atoms with Crippen molar-refractivity contribution in [1.82, 2.24) is 4.98 Å². The number of hydrogen-bond donors (Lipinski definition) is 1. The Labute approximate surface area is 124 Å². The minimum absolute atomic E-state index is 0.579. The average Bonchev–Trinajstić information content (AvgIpc) is 2.54. The van der Waals surface area contributed by atoms with Crippen molar-refractivity contribution in [2.24, 2.45) is 0 Å². The SMILES string of the molecule is CCOc1ccc(CNc2cccnc2OC)cc1OC. The van der Waals surface area contributed by atoms with Crippen molar-refractivity contribution in [3.8, 4) is 17.4 Å². The molecule has 0 bridgehead atoms. The Morgan fingerprint density at radius 1 is 1.10 bits per heavy atom. The van der Waals surface area contributed by atoms with Crippen molar-refractivity contribution in [3.05, 3.63) is 42.1 Å². The molecule has 0 fully saturated rings. The van der Waals surface area contributed by atoms with Crippen LogP contribution in [0.4, 0.5) is 5.69 Å². The first-order chi connectivity index (χ1) is 10.3. The molecule has 112 valence electrons. The quantitative estimate of drug-likeness (QED) is 0.848. The zero-order valence-electron chi connectivity index (χ0n) is 12.6. The third-order valence-corrected chi connectivity index (χ3v) is 2.98. The lowest BCUT2D eigenvalue weighted by Crippen LogP contribution is -2.03. The van der Waals surface area contributed by atoms with Gasteiger partial charge in [-0.3, -0.25) is 0 Å². The van der Waals surface area contributed by atoms with Gasteiger partial charge in [0.2, 0.25) is 5.88 Å². The Morgan fingerprint density at radius 2 is 1.95 bits per heavy atom. The van der Waals surface area contributed by atoms with Crippen LogP contribution >= 0.6 is 0 Å². The van der Waals surface area contributed by atoms with Crippen LogP contribution in [0.15, 0.2) is 36.5 Å². The summed E-state index contributed by atoms with van der Waals surface area (Å²) in [6.45, 7) is 3.20. The van der Waals surface area contributed by atoms with Gasteiger partial charge in [-0.15, -0.1) is 0 Å². The normalized spacial score (nSPS) is 10.0. The van der Waals surface area contributed by atoms with Gasteiger partial charge in [0.15, 0.2) is 11.5 Å². The number of nitrogens with one attached hydrogen (secondary N) is 1. The number of methoxy groups -OCH3 is 2. The van der Waals surface area contributed by atoms with Crippen molar-refractivity contribution in [1.29, 1.82) is 0 Å². The molecule has 1 N–H and O–H groups in total. The number of ether oxygens (including phenoxy) is 3. The zero-order chi connectivity index (χ0) is 15.1. The van der Waals surface area contributed by atoms with E-state index >= 15 is 0 Å². The maximum atomic E-state index is 5.51. The van der Waals surface area contributed by atoms with Gasteiger partial charge >= 0.3 is 0 Å². The summed E-state index contributed by atoms with van der Waals surface area (Å²) in [4.78, 5) is 4.15. The monoisotopic (exact) mass is 288 g/mol. The van der Waals surface area contributed by atoms with Gasteiger partial charge in [0, 0.05) is 12.7 Å². The van der Waals surface area contributed by atoms with Gasteiger partial charge in [0.1, 0.15) is 0 Å². The molecule has 1 aromatic carbocycles. The van der Waals surface area contributed by atoms with E-state index in [1.165, 1.54) is 0 Å². The molecule has 2 aromatic rings. The first-order valence-corrected chi connectivity index (χ1v) is 6.81. The highest BCUT2D eigenvalue weighted by molar-refractivity contribution is 5.53. The van der Waals surface area contributed by atoms with Crippen molar-refractivity contribution in [3.63, 3.8) is 0 Å². The van der Waals surface area contributed by atoms with E-state index < -0.39 is 0 Å². The van der Waals surface area contributed by atoms with Gasteiger partial charge in [-0.05, 0) is 36.8 Å². The highest BCUT2D eigenvalue weighted by Gasteiger charge is 2.07. The Kier molecular flexibility index (Phi) is 5.26. The van der Waals surface area contributed by atoms with Crippen molar-refractivity contribution >= 4 is 5.69 Å². The topological polar surface area (TPSA) is 52.6 Å². The molecule has 0 aliphatic carbocycles. The number of rotatable bonds is 7. The van der Waals surface area contributed by atoms with E-state index in [4.69, 9.17) is 14.2 Å². The molecule has 0 unspecified atom stereocenters. The maximum absolute atomic E-state index is 5.51. The molecule has 0 aliphatic rings. The van der Waals surface area contributed by atoms with Crippen LogP contribution < -0.4 is 19.5 Å². The Balaban J connectivity index is 2.09. The van der Waals surface area contributed by atoms with Crippen LogP contribution in [0.3, 0.4) is 0 Å². The summed E-state index contributed by atoms with van der Waals surface area (Å²) >= 11 is 0. The molecule has 0 radical (unpaired) electrons. The summed E-state index contributed by atoms with van der Waals surface area (Å²) in [5, 5.41) is 3.30. The van der Waals surface area contributed by atoms with Gasteiger partial charge in [-0.25, -0.2) is 4.98 Å². The number of nitrogens with zero attached hydrogens (tertiary/aromatic N) is 1. The second kappa shape index (κ2) is 7.38. The lowest BCUT2D eigenvalue weighted by Gasteiger charge is -2.13. The summed E-state index contributed by atoms with van der Waals surface area (Å²) < 4.78 is 16.1. The molecule has 0 saturated carbocycles. The number of anilines is 1. The molecular weight excluding hydrogens is 268 g/mol. The summed E-state index contributed by atoms with van der Waals surface area (Å²) in [5.74, 6) is 2.06. The van der Waals surface area contributed by atoms with Crippen molar-refractivity contribution < 1.29 is 14.2 Å². The zero-order valence-corrected chi connectivity index (χ0v) is 12.6. The van der Waals surface area contributed by atoms with E-state index in [9.17, 15) is 0 Å². The molecule has 0 amide bonds. The van der Waals surface area contributed by atoms with E-state index in [1.807, 2.05) is 37.3 Å². The fraction of sp³-hybridized carbons (Fsp3) is 0.312. The van der Waals surface area contributed by atoms with Crippen LogP contribution in [0.1, 0.15) is 12.5 Å². The van der Waals surface area contributed by atoms with Gasteiger partial charge < -0.3 is 19.5 Å². The Morgan fingerprint density at radius 3 is 2.67 bits per heavy atom. The molecule has 21 heavy (non-hydrogen) atoms. The Hall–Kier alpha value is -2.43.